The van der Waals surface area contributed by atoms with Crippen molar-refractivity contribution in [2.75, 3.05) is 18.9 Å². The number of carbonyl (C=O) groups excluding carboxylic acids is 2. The number of hydrogen-bond donors (Lipinski definition) is 3. The second-order valence-electron chi connectivity index (χ2n) is 3.70. The summed E-state index contributed by atoms with van der Waals surface area (Å²) in [6.45, 7) is -0.0589. The van der Waals surface area contributed by atoms with Crippen LogP contribution in [0.4, 0.5) is 9.93 Å². The van der Waals surface area contributed by atoms with Crippen molar-refractivity contribution in [3.8, 4) is 0 Å². The zero-order chi connectivity index (χ0) is 12.3. The van der Waals surface area contributed by atoms with E-state index in [1.807, 2.05) is 0 Å². The molecule has 1 aliphatic carbocycles. The first-order valence-electron chi connectivity index (χ1n) is 5.28. The molecule has 1 aromatic rings. The fourth-order valence-electron chi connectivity index (χ4n) is 1.17. The van der Waals surface area contributed by atoms with Gasteiger partial charge in [0.2, 0.25) is 11.0 Å². The summed E-state index contributed by atoms with van der Waals surface area (Å²) in [5.41, 5.74) is 0. The molecule has 8 heteroatoms. The molecule has 1 aliphatic rings. The summed E-state index contributed by atoms with van der Waals surface area (Å²) in [7, 11) is 1.51. The largest absolute Gasteiger partial charge is 0.358 e. The van der Waals surface area contributed by atoms with Crippen LogP contribution in [0.1, 0.15) is 23.8 Å². The van der Waals surface area contributed by atoms with Gasteiger partial charge in [0, 0.05) is 13.0 Å². The SMILES string of the molecule is CNC(=O)CNC(=O)Nc1nnc(C2CC2)s1. The van der Waals surface area contributed by atoms with Gasteiger partial charge >= 0.3 is 6.03 Å². The Morgan fingerprint density at radius 1 is 1.41 bits per heavy atom. The first kappa shape index (κ1) is 11.8. The molecule has 3 amide bonds. The fraction of sp³-hybridized carbons (Fsp3) is 0.556. The van der Waals surface area contributed by atoms with Crippen molar-refractivity contribution >= 4 is 28.4 Å². The third-order valence-electron chi connectivity index (χ3n) is 2.28. The Labute approximate surface area is 102 Å². The number of aromatic nitrogens is 2. The molecule has 92 valence electrons. The zero-order valence-electron chi connectivity index (χ0n) is 9.32. The summed E-state index contributed by atoms with van der Waals surface area (Å²) in [6.07, 6.45) is 2.30. The number of anilines is 1. The molecule has 2 rings (SSSR count). The monoisotopic (exact) mass is 255 g/mol. The van der Waals surface area contributed by atoms with Crippen LogP contribution < -0.4 is 16.0 Å². The van der Waals surface area contributed by atoms with Gasteiger partial charge in [-0.05, 0) is 12.8 Å². The van der Waals surface area contributed by atoms with Crippen LogP contribution in [0, 0.1) is 0 Å². The van der Waals surface area contributed by atoms with Gasteiger partial charge < -0.3 is 10.6 Å². The van der Waals surface area contributed by atoms with E-state index in [1.165, 1.54) is 18.4 Å². The summed E-state index contributed by atoms with van der Waals surface area (Å²) >= 11 is 1.38. The number of hydrogen-bond acceptors (Lipinski definition) is 5. The minimum atomic E-state index is -0.452. The Morgan fingerprint density at radius 2 is 2.18 bits per heavy atom. The Kier molecular flexibility index (Phi) is 3.52. The summed E-state index contributed by atoms with van der Waals surface area (Å²) < 4.78 is 0. The van der Waals surface area contributed by atoms with Crippen LogP contribution in [0.25, 0.3) is 0 Å². The highest BCUT2D eigenvalue weighted by Crippen LogP contribution is 2.41. The van der Waals surface area contributed by atoms with Crippen molar-refractivity contribution in [1.29, 1.82) is 0 Å². The Bertz CT molecular complexity index is 429. The van der Waals surface area contributed by atoms with Crippen LogP contribution in [0.15, 0.2) is 0 Å². The van der Waals surface area contributed by atoms with Crippen molar-refractivity contribution in [3.63, 3.8) is 0 Å². The molecule has 0 atom stereocenters. The van der Waals surface area contributed by atoms with Crippen LogP contribution in [0.2, 0.25) is 0 Å². The lowest BCUT2D eigenvalue weighted by Gasteiger charge is -2.03. The van der Waals surface area contributed by atoms with Crippen LogP contribution >= 0.6 is 11.3 Å². The van der Waals surface area contributed by atoms with E-state index in [1.54, 1.807) is 0 Å². The highest BCUT2D eigenvalue weighted by Gasteiger charge is 2.27. The lowest BCUT2D eigenvalue weighted by molar-refractivity contribution is -0.119. The second kappa shape index (κ2) is 5.09. The van der Waals surface area contributed by atoms with Gasteiger partial charge in [-0.1, -0.05) is 11.3 Å². The van der Waals surface area contributed by atoms with E-state index in [0.717, 1.165) is 17.8 Å². The first-order chi connectivity index (χ1) is 8.19. The lowest BCUT2D eigenvalue weighted by atomic mass is 10.5. The molecule has 1 aromatic heterocycles. The van der Waals surface area contributed by atoms with Crippen molar-refractivity contribution in [2.24, 2.45) is 0 Å². The molecule has 0 saturated heterocycles. The van der Waals surface area contributed by atoms with Gasteiger partial charge in [-0.15, -0.1) is 10.2 Å². The van der Waals surface area contributed by atoms with E-state index in [0.29, 0.717) is 11.0 Å². The van der Waals surface area contributed by atoms with Gasteiger partial charge in [-0.25, -0.2) is 4.79 Å². The molecule has 0 spiro atoms. The number of rotatable bonds is 4. The molecule has 0 aliphatic heterocycles. The Balaban J connectivity index is 1.78. The Hall–Kier alpha value is -1.70. The molecule has 0 bridgehead atoms. The maximum Gasteiger partial charge on any atom is 0.321 e. The van der Waals surface area contributed by atoms with Gasteiger partial charge in [-0.3, -0.25) is 10.1 Å². The van der Waals surface area contributed by atoms with Crippen molar-refractivity contribution in [3.05, 3.63) is 5.01 Å². The quantitative estimate of drug-likeness (QED) is 0.720. The summed E-state index contributed by atoms with van der Waals surface area (Å²) in [5, 5.41) is 16.6. The van der Waals surface area contributed by atoms with E-state index in [4.69, 9.17) is 0 Å². The second-order valence-corrected chi connectivity index (χ2v) is 4.71. The van der Waals surface area contributed by atoms with E-state index in [-0.39, 0.29) is 12.5 Å². The van der Waals surface area contributed by atoms with Crippen LogP contribution in [-0.2, 0) is 4.79 Å². The minimum absolute atomic E-state index is 0.0589. The van der Waals surface area contributed by atoms with Gasteiger partial charge in [0.1, 0.15) is 5.01 Å². The molecule has 0 aromatic carbocycles. The van der Waals surface area contributed by atoms with Gasteiger partial charge in [-0.2, -0.15) is 0 Å². The third-order valence-corrected chi connectivity index (χ3v) is 3.28. The van der Waals surface area contributed by atoms with E-state index in [9.17, 15) is 9.59 Å². The van der Waals surface area contributed by atoms with Crippen LogP contribution in [0.3, 0.4) is 0 Å². The van der Waals surface area contributed by atoms with Crippen molar-refractivity contribution in [1.82, 2.24) is 20.8 Å². The average Bonchev–Trinajstić information content (AvgIpc) is 3.08. The molecule has 7 nitrogen and oxygen atoms in total. The molecule has 17 heavy (non-hydrogen) atoms. The number of amides is 3. The summed E-state index contributed by atoms with van der Waals surface area (Å²) in [6, 6.07) is -0.452. The van der Waals surface area contributed by atoms with E-state index in [2.05, 4.69) is 26.1 Å². The summed E-state index contributed by atoms with van der Waals surface area (Å²) in [5.74, 6) is 0.271. The average molecular weight is 255 g/mol. The van der Waals surface area contributed by atoms with Gasteiger partial charge in [0.05, 0.1) is 6.54 Å². The topological polar surface area (TPSA) is 96.0 Å². The predicted molar refractivity (Wildman–Crippen MR) is 63.0 cm³/mol. The molecule has 3 N–H and O–H groups in total. The van der Waals surface area contributed by atoms with E-state index >= 15 is 0 Å². The molecule has 0 radical (unpaired) electrons. The number of urea groups is 1. The molecule has 1 fully saturated rings. The minimum Gasteiger partial charge on any atom is -0.358 e. The number of carbonyl (C=O) groups is 2. The lowest BCUT2D eigenvalue weighted by Crippen LogP contribution is -2.37. The number of likely N-dealkylation sites (N-methyl/N-ethyl adjacent to an activating group) is 1. The van der Waals surface area contributed by atoms with E-state index < -0.39 is 6.03 Å². The van der Waals surface area contributed by atoms with Crippen LogP contribution in [0.5, 0.6) is 0 Å². The summed E-state index contributed by atoms with van der Waals surface area (Å²) in [4.78, 5) is 22.3. The fourth-order valence-corrected chi connectivity index (χ4v) is 2.08. The highest BCUT2D eigenvalue weighted by atomic mass is 32.1. The Morgan fingerprint density at radius 3 is 2.82 bits per heavy atom. The van der Waals surface area contributed by atoms with Crippen molar-refractivity contribution in [2.45, 2.75) is 18.8 Å². The molecular weight excluding hydrogens is 242 g/mol. The predicted octanol–water partition coefficient (Wildman–Crippen LogP) is 0.283. The molecule has 0 unspecified atom stereocenters. The number of nitrogens with zero attached hydrogens (tertiary/aromatic N) is 2. The number of nitrogens with one attached hydrogen (secondary N) is 3. The van der Waals surface area contributed by atoms with Gasteiger partial charge in [0.25, 0.3) is 0 Å². The maximum absolute atomic E-state index is 11.4. The van der Waals surface area contributed by atoms with Crippen LogP contribution in [-0.4, -0.2) is 35.7 Å². The maximum atomic E-state index is 11.4. The third kappa shape index (κ3) is 3.38. The zero-order valence-corrected chi connectivity index (χ0v) is 10.1. The van der Waals surface area contributed by atoms with Gasteiger partial charge in [0.15, 0.2) is 0 Å². The van der Waals surface area contributed by atoms with Crippen molar-refractivity contribution < 1.29 is 9.59 Å². The first-order valence-corrected chi connectivity index (χ1v) is 6.09. The highest BCUT2D eigenvalue weighted by molar-refractivity contribution is 7.15. The standard InChI is InChI=1S/C9H13N5O2S/c1-10-6(15)4-11-8(16)12-9-14-13-7(17-9)5-2-3-5/h5H,2-4H2,1H3,(H,10,15)(H2,11,12,14,16). The normalized spacial score (nSPS) is 14.2. The molecule has 1 heterocycles. The smallest absolute Gasteiger partial charge is 0.321 e. The molecular formula is C9H13N5O2S. The molecule has 1 saturated carbocycles.